The fourth-order valence-electron chi connectivity index (χ4n) is 2.72. The minimum absolute atomic E-state index is 0.674. The molecule has 2 heterocycles. The first-order valence-corrected chi connectivity index (χ1v) is 8.50. The third-order valence-electron chi connectivity index (χ3n) is 3.88. The zero-order valence-electron chi connectivity index (χ0n) is 13.4. The minimum Gasteiger partial charge on any atom is -0.340 e. The maximum absolute atomic E-state index is 6.35. The molecule has 0 aliphatic heterocycles. The average molecular weight is 369 g/mol. The van der Waals surface area contributed by atoms with E-state index in [0.717, 1.165) is 34.0 Å². The number of nitrogens with one attached hydrogen (secondary N) is 1. The number of benzene rings is 2. The van der Waals surface area contributed by atoms with Gasteiger partial charge in [0, 0.05) is 38.6 Å². The van der Waals surface area contributed by atoms with Crippen LogP contribution in [0.1, 0.15) is 5.69 Å². The Labute approximate surface area is 155 Å². The molecule has 0 atom stereocenters. The predicted molar refractivity (Wildman–Crippen MR) is 103 cm³/mol. The lowest BCUT2D eigenvalue weighted by Gasteiger charge is -2.10. The molecule has 0 amide bonds. The first-order chi connectivity index (χ1) is 12.1. The fraction of sp³-hybridized carbons (Fsp3) is 0.0526. The molecule has 2 aromatic heterocycles. The van der Waals surface area contributed by atoms with Gasteiger partial charge in [-0.3, -0.25) is 0 Å². The second-order valence-electron chi connectivity index (χ2n) is 5.69. The van der Waals surface area contributed by atoms with Gasteiger partial charge >= 0.3 is 0 Å². The Morgan fingerprint density at radius 1 is 0.960 bits per heavy atom. The largest absolute Gasteiger partial charge is 0.340 e. The van der Waals surface area contributed by atoms with E-state index in [1.165, 1.54) is 0 Å². The quantitative estimate of drug-likeness (QED) is 0.500. The van der Waals surface area contributed by atoms with Crippen molar-refractivity contribution in [3.8, 4) is 11.1 Å². The van der Waals surface area contributed by atoms with Crippen LogP contribution in [0.25, 0.3) is 16.8 Å². The van der Waals surface area contributed by atoms with Crippen LogP contribution in [0.4, 0.5) is 11.5 Å². The summed E-state index contributed by atoms with van der Waals surface area (Å²) in [4.78, 5) is 4.65. The van der Waals surface area contributed by atoms with E-state index in [1.54, 1.807) is 10.7 Å². The number of hydrogen-bond acceptors (Lipinski definition) is 3. The molecule has 0 radical (unpaired) electrons. The normalized spacial score (nSPS) is 11.0. The van der Waals surface area contributed by atoms with Gasteiger partial charge in [-0.25, -0.2) is 4.98 Å². The molecule has 0 fully saturated rings. The molecule has 25 heavy (non-hydrogen) atoms. The van der Waals surface area contributed by atoms with Crippen molar-refractivity contribution < 1.29 is 0 Å². The first-order valence-electron chi connectivity index (χ1n) is 7.75. The highest BCUT2D eigenvalue weighted by Crippen LogP contribution is 2.31. The van der Waals surface area contributed by atoms with Crippen LogP contribution in [0.5, 0.6) is 0 Å². The van der Waals surface area contributed by atoms with Gasteiger partial charge in [0.2, 0.25) is 0 Å². The third-order valence-corrected chi connectivity index (χ3v) is 4.46. The molecule has 0 saturated carbocycles. The number of fused-ring (bicyclic) bond motifs is 1. The molecule has 6 heteroatoms. The van der Waals surface area contributed by atoms with E-state index >= 15 is 0 Å². The van der Waals surface area contributed by atoms with Crippen molar-refractivity contribution in [2.75, 3.05) is 5.32 Å². The highest BCUT2D eigenvalue weighted by molar-refractivity contribution is 6.33. The molecule has 4 nitrogen and oxygen atoms in total. The maximum Gasteiger partial charge on any atom is 0.165 e. The van der Waals surface area contributed by atoms with Crippen molar-refractivity contribution in [1.29, 1.82) is 0 Å². The molecule has 0 spiro atoms. The zero-order valence-corrected chi connectivity index (χ0v) is 14.9. The van der Waals surface area contributed by atoms with Crippen molar-refractivity contribution in [2.45, 2.75) is 6.92 Å². The van der Waals surface area contributed by atoms with Crippen LogP contribution >= 0.6 is 23.2 Å². The van der Waals surface area contributed by atoms with Gasteiger partial charge in [-0.05, 0) is 37.3 Å². The Bertz CT molecular complexity index is 1050. The van der Waals surface area contributed by atoms with Crippen LogP contribution in [0.15, 0.2) is 60.8 Å². The average Bonchev–Trinajstić information content (AvgIpc) is 3.01. The Morgan fingerprint density at radius 2 is 1.72 bits per heavy atom. The number of nitrogens with zero attached hydrogens (tertiary/aromatic N) is 3. The smallest absolute Gasteiger partial charge is 0.165 e. The SMILES string of the molecule is Cc1cc(Nc2ccc(Cl)cc2)n2ncc(-c3ccccc3Cl)c2n1. The zero-order chi connectivity index (χ0) is 17.4. The maximum atomic E-state index is 6.35. The van der Waals surface area contributed by atoms with E-state index in [1.807, 2.05) is 61.5 Å². The molecule has 4 aromatic rings. The topological polar surface area (TPSA) is 42.2 Å². The van der Waals surface area contributed by atoms with E-state index in [0.29, 0.717) is 10.0 Å². The monoisotopic (exact) mass is 368 g/mol. The Morgan fingerprint density at radius 3 is 2.48 bits per heavy atom. The van der Waals surface area contributed by atoms with Crippen LogP contribution < -0.4 is 5.32 Å². The van der Waals surface area contributed by atoms with Gasteiger partial charge in [-0.15, -0.1) is 0 Å². The summed E-state index contributed by atoms with van der Waals surface area (Å²) in [5.41, 5.74) is 4.37. The lowest BCUT2D eigenvalue weighted by molar-refractivity contribution is 0.938. The molecule has 0 saturated heterocycles. The van der Waals surface area contributed by atoms with Gasteiger partial charge in [0.15, 0.2) is 5.65 Å². The summed E-state index contributed by atoms with van der Waals surface area (Å²) in [5, 5.41) is 9.23. The number of rotatable bonds is 3. The minimum atomic E-state index is 0.674. The molecule has 124 valence electrons. The summed E-state index contributed by atoms with van der Waals surface area (Å²) >= 11 is 12.3. The molecule has 0 aliphatic carbocycles. The molecule has 1 N–H and O–H groups in total. The highest BCUT2D eigenvalue weighted by atomic mass is 35.5. The lowest BCUT2D eigenvalue weighted by atomic mass is 10.1. The van der Waals surface area contributed by atoms with Crippen LogP contribution in [0.2, 0.25) is 10.0 Å². The first kappa shape index (κ1) is 15.9. The highest BCUT2D eigenvalue weighted by Gasteiger charge is 2.14. The fourth-order valence-corrected chi connectivity index (χ4v) is 3.09. The van der Waals surface area contributed by atoms with Crippen molar-refractivity contribution in [2.24, 2.45) is 0 Å². The summed E-state index contributed by atoms with van der Waals surface area (Å²) in [6.45, 7) is 1.95. The van der Waals surface area contributed by atoms with Gasteiger partial charge in [0.25, 0.3) is 0 Å². The van der Waals surface area contributed by atoms with Crippen LogP contribution in [0.3, 0.4) is 0 Å². The number of anilines is 2. The second-order valence-corrected chi connectivity index (χ2v) is 6.53. The number of aromatic nitrogens is 3. The van der Waals surface area contributed by atoms with Crippen molar-refractivity contribution in [1.82, 2.24) is 14.6 Å². The standard InChI is InChI=1S/C19H14Cl2N4/c1-12-10-18(24-14-8-6-13(20)7-9-14)25-19(23-12)16(11-22-25)15-4-2-3-5-17(15)21/h2-11,24H,1H3. The van der Waals surface area contributed by atoms with E-state index in [-0.39, 0.29) is 0 Å². The van der Waals surface area contributed by atoms with Gasteiger partial charge < -0.3 is 5.32 Å². The molecular weight excluding hydrogens is 355 g/mol. The summed E-state index contributed by atoms with van der Waals surface area (Å²) in [6, 6.07) is 17.2. The van der Waals surface area contributed by atoms with Crippen LogP contribution in [-0.4, -0.2) is 14.6 Å². The number of aryl methyl sites for hydroxylation is 1. The summed E-state index contributed by atoms with van der Waals surface area (Å²) in [6.07, 6.45) is 1.79. The molecule has 0 bridgehead atoms. The van der Waals surface area contributed by atoms with Crippen LogP contribution in [0, 0.1) is 6.92 Å². The Hall–Kier alpha value is -2.56. The van der Waals surface area contributed by atoms with E-state index in [9.17, 15) is 0 Å². The van der Waals surface area contributed by atoms with Crippen molar-refractivity contribution in [3.05, 3.63) is 76.5 Å². The van der Waals surface area contributed by atoms with Gasteiger partial charge in [-0.1, -0.05) is 41.4 Å². The Kier molecular flexibility index (Phi) is 4.07. The van der Waals surface area contributed by atoms with E-state index in [4.69, 9.17) is 23.2 Å². The van der Waals surface area contributed by atoms with E-state index < -0.39 is 0 Å². The van der Waals surface area contributed by atoms with Crippen molar-refractivity contribution >= 4 is 40.4 Å². The lowest BCUT2D eigenvalue weighted by Crippen LogP contribution is -2.02. The van der Waals surface area contributed by atoms with E-state index in [2.05, 4.69) is 15.4 Å². The second kappa shape index (κ2) is 6.39. The number of halogens is 2. The predicted octanol–water partition coefficient (Wildman–Crippen LogP) is 5.76. The van der Waals surface area contributed by atoms with Crippen LogP contribution in [-0.2, 0) is 0 Å². The van der Waals surface area contributed by atoms with Crippen molar-refractivity contribution in [3.63, 3.8) is 0 Å². The Balaban J connectivity index is 1.84. The summed E-state index contributed by atoms with van der Waals surface area (Å²) in [7, 11) is 0. The summed E-state index contributed by atoms with van der Waals surface area (Å²) < 4.78 is 1.78. The molecular formula is C19H14Cl2N4. The van der Waals surface area contributed by atoms with Gasteiger partial charge in [0.05, 0.1) is 6.20 Å². The third kappa shape index (κ3) is 3.06. The molecule has 0 unspecified atom stereocenters. The van der Waals surface area contributed by atoms with Gasteiger partial charge in [-0.2, -0.15) is 9.61 Å². The molecule has 0 aliphatic rings. The molecule has 2 aromatic carbocycles. The number of hydrogen-bond donors (Lipinski definition) is 1. The molecule has 4 rings (SSSR count). The summed E-state index contributed by atoms with van der Waals surface area (Å²) in [5.74, 6) is 0.822. The van der Waals surface area contributed by atoms with Gasteiger partial charge in [0.1, 0.15) is 5.82 Å².